The summed E-state index contributed by atoms with van der Waals surface area (Å²) in [5.41, 5.74) is 1.18. The van der Waals surface area contributed by atoms with Crippen molar-refractivity contribution in [3.63, 3.8) is 0 Å². The molecule has 0 aliphatic carbocycles. The monoisotopic (exact) mass is 400 g/mol. The van der Waals surface area contributed by atoms with Gasteiger partial charge in [-0.25, -0.2) is 4.90 Å². The predicted octanol–water partition coefficient (Wildman–Crippen LogP) is 2.75. The van der Waals surface area contributed by atoms with Crippen LogP contribution < -0.4 is 14.4 Å². The molecule has 1 saturated heterocycles. The molecule has 0 saturated carbocycles. The van der Waals surface area contributed by atoms with Crippen LogP contribution >= 0.6 is 11.6 Å². The Balaban J connectivity index is 1.59. The molecule has 2 aromatic carbocycles. The minimum Gasteiger partial charge on any atom is -0.454 e. The van der Waals surface area contributed by atoms with E-state index in [4.69, 9.17) is 21.1 Å². The van der Waals surface area contributed by atoms with Crippen LogP contribution in [0.4, 0.5) is 5.69 Å². The molecule has 0 radical (unpaired) electrons. The second kappa shape index (κ2) is 7.16. The van der Waals surface area contributed by atoms with Crippen molar-refractivity contribution in [1.29, 1.82) is 0 Å². The lowest BCUT2D eigenvalue weighted by Gasteiger charge is -2.26. The summed E-state index contributed by atoms with van der Waals surface area (Å²) in [6.45, 7) is 1.71. The fraction of sp³-hybridized carbons (Fsp3) is 0.250. The van der Waals surface area contributed by atoms with Crippen LogP contribution in [-0.4, -0.2) is 35.5 Å². The molecule has 2 heterocycles. The van der Waals surface area contributed by atoms with E-state index in [1.807, 2.05) is 0 Å². The lowest BCUT2D eigenvalue weighted by atomic mass is 10.1. The number of anilines is 1. The predicted molar refractivity (Wildman–Crippen MR) is 101 cm³/mol. The van der Waals surface area contributed by atoms with Crippen molar-refractivity contribution < 1.29 is 23.9 Å². The second-order valence-electron chi connectivity index (χ2n) is 6.60. The number of hydrogen-bond donors (Lipinski definition) is 0. The van der Waals surface area contributed by atoms with Gasteiger partial charge in [0.2, 0.25) is 18.6 Å². The first-order valence-electron chi connectivity index (χ1n) is 8.72. The van der Waals surface area contributed by atoms with Crippen molar-refractivity contribution in [3.8, 4) is 11.5 Å². The third-order valence-electron chi connectivity index (χ3n) is 4.76. The van der Waals surface area contributed by atoms with Crippen LogP contribution in [0.15, 0.2) is 42.5 Å². The lowest BCUT2D eigenvalue weighted by molar-refractivity contribution is -0.137. The van der Waals surface area contributed by atoms with Gasteiger partial charge in [0, 0.05) is 18.5 Å². The molecule has 28 heavy (non-hydrogen) atoms. The Labute approximate surface area is 166 Å². The summed E-state index contributed by atoms with van der Waals surface area (Å²) in [4.78, 5) is 40.3. The highest BCUT2D eigenvalue weighted by molar-refractivity contribution is 6.31. The van der Waals surface area contributed by atoms with Gasteiger partial charge in [-0.15, -0.1) is 0 Å². The van der Waals surface area contributed by atoms with Crippen LogP contribution in [0.5, 0.6) is 11.5 Å². The molecular formula is C20H17ClN2O5. The number of fused-ring (bicyclic) bond motifs is 1. The molecule has 0 bridgehead atoms. The van der Waals surface area contributed by atoms with Crippen molar-refractivity contribution in [1.82, 2.24) is 4.90 Å². The van der Waals surface area contributed by atoms with Crippen LogP contribution in [0.3, 0.4) is 0 Å². The summed E-state index contributed by atoms with van der Waals surface area (Å²) in [6.07, 6.45) is -0.0739. The molecule has 7 nitrogen and oxygen atoms in total. The fourth-order valence-electron chi connectivity index (χ4n) is 3.42. The zero-order chi connectivity index (χ0) is 19.8. The summed E-state index contributed by atoms with van der Waals surface area (Å²) in [5, 5.41) is 0.422. The van der Waals surface area contributed by atoms with E-state index in [1.165, 1.54) is 11.8 Å². The topological polar surface area (TPSA) is 76.2 Å². The van der Waals surface area contributed by atoms with Gasteiger partial charge in [0.25, 0.3) is 5.91 Å². The van der Waals surface area contributed by atoms with Gasteiger partial charge in [-0.3, -0.25) is 14.4 Å². The number of hydrogen-bond acceptors (Lipinski definition) is 5. The highest BCUT2D eigenvalue weighted by Crippen LogP contribution is 2.34. The molecule has 0 spiro atoms. The largest absolute Gasteiger partial charge is 0.454 e. The highest BCUT2D eigenvalue weighted by Gasteiger charge is 2.43. The molecule has 2 aliphatic rings. The molecule has 0 N–H and O–H groups in total. The lowest BCUT2D eigenvalue weighted by Crippen LogP contribution is -2.44. The van der Waals surface area contributed by atoms with E-state index in [2.05, 4.69) is 0 Å². The summed E-state index contributed by atoms with van der Waals surface area (Å²) < 4.78 is 10.7. The van der Waals surface area contributed by atoms with Crippen LogP contribution in [0, 0.1) is 0 Å². The van der Waals surface area contributed by atoms with Crippen LogP contribution in [-0.2, 0) is 20.9 Å². The van der Waals surface area contributed by atoms with E-state index in [9.17, 15) is 14.4 Å². The van der Waals surface area contributed by atoms with Crippen molar-refractivity contribution in [2.75, 3.05) is 11.7 Å². The minimum absolute atomic E-state index is 0.0739. The normalized spacial score (nSPS) is 17.9. The zero-order valence-electron chi connectivity index (χ0n) is 15.1. The number of nitrogens with zero attached hydrogens (tertiary/aromatic N) is 2. The third-order valence-corrected chi connectivity index (χ3v) is 4.99. The average Bonchev–Trinajstić information content (AvgIpc) is 3.23. The number of halogens is 1. The Morgan fingerprint density at radius 3 is 2.71 bits per heavy atom. The molecule has 8 heteroatoms. The smallest absolute Gasteiger partial charge is 0.257 e. The summed E-state index contributed by atoms with van der Waals surface area (Å²) >= 11 is 5.99. The van der Waals surface area contributed by atoms with E-state index < -0.39 is 11.9 Å². The summed E-state index contributed by atoms with van der Waals surface area (Å²) in [5.74, 6) is 0.127. The molecule has 1 unspecified atom stereocenters. The van der Waals surface area contributed by atoms with Crippen LogP contribution in [0.1, 0.15) is 18.9 Å². The summed E-state index contributed by atoms with van der Waals surface area (Å²) in [7, 11) is 0. The number of benzene rings is 2. The Bertz CT molecular complexity index is 977. The van der Waals surface area contributed by atoms with E-state index in [0.29, 0.717) is 22.2 Å². The highest BCUT2D eigenvalue weighted by atomic mass is 35.5. The second-order valence-corrected chi connectivity index (χ2v) is 7.04. The Hall–Kier alpha value is -3.06. The molecule has 1 atom stereocenters. The SMILES string of the molecule is CC(=O)N(Cc1ccc2c(c1)OCO2)C1CC(=O)N(c2cccc(Cl)c2)C1=O. The van der Waals surface area contributed by atoms with Gasteiger partial charge in [-0.05, 0) is 35.9 Å². The first-order valence-corrected chi connectivity index (χ1v) is 9.10. The number of ether oxygens (including phenoxy) is 2. The van der Waals surface area contributed by atoms with Gasteiger partial charge in [-0.2, -0.15) is 0 Å². The molecular weight excluding hydrogens is 384 g/mol. The van der Waals surface area contributed by atoms with Crippen molar-refractivity contribution in [2.24, 2.45) is 0 Å². The van der Waals surface area contributed by atoms with E-state index in [-0.39, 0.29) is 31.6 Å². The van der Waals surface area contributed by atoms with E-state index in [0.717, 1.165) is 10.5 Å². The van der Waals surface area contributed by atoms with Crippen LogP contribution in [0.2, 0.25) is 5.02 Å². The summed E-state index contributed by atoms with van der Waals surface area (Å²) in [6, 6.07) is 11.0. The molecule has 2 aliphatic heterocycles. The molecule has 0 aromatic heterocycles. The maximum atomic E-state index is 13.0. The van der Waals surface area contributed by atoms with Gasteiger partial charge in [0.1, 0.15) is 6.04 Å². The molecule has 4 rings (SSSR count). The van der Waals surface area contributed by atoms with Gasteiger partial charge in [0.05, 0.1) is 12.1 Å². The minimum atomic E-state index is -0.866. The van der Waals surface area contributed by atoms with Gasteiger partial charge >= 0.3 is 0 Å². The number of amides is 3. The Morgan fingerprint density at radius 2 is 1.96 bits per heavy atom. The Morgan fingerprint density at radius 1 is 1.18 bits per heavy atom. The fourth-order valence-corrected chi connectivity index (χ4v) is 3.61. The third kappa shape index (κ3) is 3.29. The number of imide groups is 1. The molecule has 2 aromatic rings. The zero-order valence-corrected chi connectivity index (χ0v) is 15.8. The Kier molecular flexibility index (Phi) is 4.68. The van der Waals surface area contributed by atoms with E-state index >= 15 is 0 Å². The van der Waals surface area contributed by atoms with E-state index in [1.54, 1.807) is 42.5 Å². The van der Waals surface area contributed by atoms with Gasteiger partial charge in [0.15, 0.2) is 11.5 Å². The maximum absolute atomic E-state index is 13.0. The standard InChI is InChI=1S/C20H17ClN2O5/c1-12(24)22(10-13-5-6-17-18(7-13)28-11-27-17)16-9-19(25)23(20(16)26)15-4-2-3-14(21)8-15/h2-8,16H,9-11H2,1H3. The van der Waals surface area contributed by atoms with Crippen molar-refractivity contribution in [3.05, 3.63) is 53.1 Å². The van der Waals surface area contributed by atoms with Crippen LogP contribution in [0.25, 0.3) is 0 Å². The quantitative estimate of drug-likeness (QED) is 0.737. The molecule has 1 fully saturated rings. The van der Waals surface area contributed by atoms with Gasteiger partial charge < -0.3 is 14.4 Å². The average molecular weight is 401 g/mol. The van der Waals surface area contributed by atoms with Crippen molar-refractivity contribution in [2.45, 2.75) is 25.9 Å². The maximum Gasteiger partial charge on any atom is 0.257 e. The molecule has 144 valence electrons. The van der Waals surface area contributed by atoms with Gasteiger partial charge in [-0.1, -0.05) is 23.7 Å². The first-order chi connectivity index (χ1) is 13.4. The number of rotatable bonds is 4. The van der Waals surface area contributed by atoms with Crippen molar-refractivity contribution >= 4 is 35.0 Å². The number of carbonyl (C=O) groups excluding carboxylic acids is 3. The number of carbonyl (C=O) groups is 3. The first kappa shape index (κ1) is 18.3. The molecule has 3 amide bonds.